The van der Waals surface area contributed by atoms with Gasteiger partial charge < -0.3 is 10.6 Å². The summed E-state index contributed by atoms with van der Waals surface area (Å²) in [5.74, 6) is 4.93. The molecule has 1 aromatic carbocycles. The lowest BCUT2D eigenvalue weighted by atomic mass is 10.1. The Balaban J connectivity index is 1.49. The number of nitrogen functional groups attached to an aromatic ring is 1. The first kappa shape index (κ1) is 23.5. The van der Waals surface area contributed by atoms with Gasteiger partial charge in [0.05, 0.1) is 11.4 Å². The lowest BCUT2D eigenvalue weighted by Crippen LogP contribution is -2.36. The maximum atomic E-state index is 11.7. The number of nitrogens with one attached hydrogen (secondary N) is 3. The second kappa shape index (κ2) is 13.3. The number of carbonyl (C=O) groups excluding carboxylic acids is 1. The molecule has 0 saturated carbocycles. The Hall–Kier alpha value is -3.17. The molecule has 8 heteroatoms. The number of hydrogen-bond donors (Lipinski definition) is 4. The van der Waals surface area contributed by atoms with Crippen molar-refractivity contribution in [2.24, 2.45) is 5.84 Å². The largest absolute Gasteiger partial charge is 0.310 e. The summed E-state index contributed by atoms with van der Waals surface area (Å²) in [7, 11) is 0. The number of rotatable bonds is 13. The lowest BCUT2D eigenvalue weighted by molar-refractivity contribution is 0.0953. The molecule has 3 aromatic rings. The normalized spacial score (nSPS) is 10.9. The van der Waals surface area contributed by atoms with Gasteiger partial charge in [0.2, 0.25) is 0 Å². The Morgan fingerprint density at radius 3 is 1.84 bits per heavy atom. The molecule has 168 valence electrons. The third-order valence-corrected chi connectivity index (χ3v) is 5.03. The van der Waals surface area contributed by atoms with Crippen molar-refractivity contribution in [3.63, 3.8) is 0 Å². The van der Waals surface area contributed by atoms with E-state index in [2.05, 4.69) is 30.9 Å². The molecule has 5 N–H and O–H groups in total. The predicted molar refractivity (Wildman–Crippen MR) is 125 cm³/mol. The zero-order valence-corrected chi connectivity index (χ0v) is 18.2. The molecule has 2 heterocycles. The second-order valence-electron chi connectivity index (χ2n) is 7.44. The Kier molecular flexibility index (Phi) is 9.75. The van der Waals surface area contributed by atoms with Gasteiger partial charge in [0, 0.05) is 63.8 Å². The van der Waals surface area contributed by atoms with Crippen LogP contribution >= 0.6 is 0 Å². The van der Waals surface area contributed by atoms with E-state index in [4.69, 9.17) is 5.84 Å². The van der Waals surface area contributed by atoms with Crippen LogP contribution in [0.1, 0.15) is 27.3 Å². The molecule has 0 unspecified atom stereocenters. The maximum Gasteiger partial charge on any atom is 0.265 e. The van der Waals surface area contributed by atoms with Gasteiger partial charge in [-0.1, -0.05) is 24.3 Å². The number of nitrogens with two attached hydrogens (primary N) is 1. The van der Waals surface area contributed by atoms with Crippen LogP contribution in [0.15, 0.2) is 73.1 Å². The first-order valence-corrected chi connectivity index (χ1v) is 10.8. The molecule has 32 heavy (non-hydrogen) atoms. The van der Waals surface area contributed by atoms with Crippen LogP contribution in [-0.4, -0.2) is 47.0 Å². The van der Waals surface area contributed by atoms with E-state index >= 15 is 0 Å². The molecular weight excluding hydrogens is 402 g/mol. The zero-order valence-electron chi connectivity index (χ0n) is 18.2. The molecule has 0 spiro atoms. The quantitative estimate of drug-likeness (QED) is 0.140. The fourth-order valence-corrected chi connectivity index (χ4v) is 3.29. The summed E-state index contributed by atoms with van der Waals surface area (Å²) in [5, 5.41) is 6.93. The van der Waals surface area contributed by atoms with Gasteiger partial charge in [-0.05, 0) is 42.0 Å². The third-order valence-electron chi connectivity index (χ3n) is 5.03. The van der Waals surface area contributed by atoms with Crippen molar-refractivity contribution in [3.05, 3.63) is 95.6 Å². The Morgan fingerprint density at radius 1 is 0.812 bits per heavy atom. The van der Waals surface area contributed by atoms with E-state index in [1.54, 1.807) is 12.1 Å². The van der Waals surface area contributed by atoms with Gasteiger partial charge in [-0.15, -0.1) is 0 Å². The Morgan fingerprint density at radius 2 is 1.38 bits per heavy atom. The number of carbonyl (C=O) groups is 1. The van der Waals surface area contributed by atoms with Crippen LogP contribution in [0.5, 0.6) is 0 Å². The van der Waals surface area contributed by atoms with Gasteiger partial charge in [-0.2, -0.15) is 0 Å². The first-order chi connectivity index (χ1) is 15.7. The minimum atomic E-state index is -0.286. The van der Waals surface area contributed by atoms with Crippen molar-refractivity contribution in [2.45, 2.75) is 19.6 Å². The van der Waals surface area contributed by atoms with E-state index in [-0.39, 0.29) is 5.91 Å². The highest BCUT2D eigenvalue weighted by atomic mass is 16.2. The van der Waals surface area contributed by atoms with E-state index < -0.39 is 0 Å². The molecule has 0 atom stereocenters. The van der Waals surface area contributed by atoms with E-state index in [0.717, 1.165) is 62.8 Å². The van der Waals surface area contributed by atoms with Crippen molar-refractivity contribution in [2.75, 3.05) is 26.2 Å². The molecule has 2 aromatic heterocycles. The SMILES string of the molecule is NNC(=O)c1ccc(CN(CCNCc2ccccn2)CCNCc2ccccn2)cc1. The molecule has 8 nitrogen and oxygen atoms in total. The second-order valence-corrected chi connectivity index (χ2v) is 7.44. The summed E-state index contributed by atoms with van der Waals surface area (Å²) in [4.78, 5) is 22.7. The number of benzene rings is 1. The molecule has 0 saturated heterocycles. The summed E-state index contributed by atoms with van der Waals surface area (Å²) >= 11 is 0. The molecule has 0 fully saturated rings. The van der Waals surface area contributed by atoms with Gasteiger partial charge in [0.15, 0.2) is 0 Å². The van der Waals surface area contributed by atoms with Crippen LogP contribution in [0.4, 0.5) is 0 Å². The topological polar surface area (TPSA) is 108 Å². The number of nitrogens with zero attached hydrogens (tertiary/aromatic N) is 3. The van der Waals surface area contributed by atoms with E-state index in [1.807, 2.05) is 60.9 Å². The van der Waals surface area contributed by atoms with E-state index in [9.17, 15) is 4.79 Å². The number of amides is 1. The van der Waals surface area contributed by atoms with Crippen LogP contribution in [0.3, 0.4) is 0 Å². The predicted octanol–water partition coefficient (Wildman–Crippen LogP) is 1.46. The number of aromatic nitrogens is 2. The highest BCUT2D eigenvalue weighted by Gasteiger charge is 2.08. The van der Waals surface area contributed by atoms with Crippen LogP contribution in [0.2, 0.25) is 0 Å². The van der Waals surface area contributed by atoms with Gasteiger partial charge in [0.1, 0.15) is 0 Å². The average Bonchev–Trinajstić information content (AvgIpc) is 2.85. The van der Waals surface area contributed by atoms with Crippen molar-refractivity contribution in [1.82, 2.24) is 30.9 Å². The monoisotopic (exact) mass is 433 g/mol. The third kappa shape index (κ3) is 8.16. The number of hydrazine groups is 1. The van der Waals surface area contributed by atoms with Crippen LogP contribution < -0.4 is 21.9 Å². The Labute approximate surface area is 189 Å². The fraction of sp³-hybridized carbons (Fsp3) is 0.292. The summed E-state index contributed by atoms with van der Waals surface area (Å²) < 4.78 is 0. The van der Waals surface area contributed by atoms with Crippen LogP contribution in [0, 0.1) is 0 Å². The van der Waals surface area contributed by atoms with Crippen molar-refractivity contribution < 1.29 is 4.79 Å². The Bertz CT molecular complexity index is 873. The molecular formula is C24H31N7O. The van der Waals surface area contributed by atoms with Gasteiger partial charge >= 0.3 is 0 Å². The molecule has 0 aliphatic carbocycles. The molecule has 0 aliphatic heterocycles. The van der Waals surface area contributed by atoms with Crippen LogP contribution in [0.25, 0.3) is 0 Å². The lowest BCUT2D eigenvalue weighted by Gasteiger charge is -2.23. The number of hydrogen-bond acceptors (Lipinski definition) is 7. The fourth-order valence-electron chi connectivity index (χ4n) is 3.29. The molecule has 3 rings (SSSR count). The van der Waals surface area contributed by atoms with Gasteiger partial charge in [-0.25, -0.2) is 5.84 Å². The molecule has 0 aliphatic rings. The highest BCUT2D eigenvalue weighted by Crippen LogP contribution is 2.08. The summed E-state index contributed by atoms with van der Waals surface area (Å²) in [6.45, 7) is 5.77. The van der Waals surface area contributed by atoms with Gasteiger partial charge in [0.25, 0.3) is 5.91 Å². The first-order valence-electron chi connectivity index (χ1n) is 10.8. The van der Waals surface area contributed by atoms with E-state index in [1.165, 1.54) is 0 Å². The standard InChI is InChI=1S/C24H31N7O/c25-30-24(32)21-9-7-20(8-10-21)19-31(15-13-26-17-22-5-1-3-11-28-22)16-14-27-18-23-6-2-4-12-29-23/h1-12,26-27H,13-19,25H2,(H,30,32). The average molecular weight is 434 g/mol. The van der Waals surface area contributed by atoms with Crippen molar-refractivity contribution >= 4 is 5.91 Å². The van der Waals surface area contributed by atoms with Gasteiger partial charge in [-0.3, -0.25) is 25.1 Å². The van der Waals surface area contributed by atoms with Crippen molar-refractivity contribution in [3.8, 4) is 0 Å². The molecule has 0 radical (unpaired) electrons. The summed E-state index contributed by atoms with van der Waals surface area (Å²) in [6.07, 6.45) is 3.62. The zero-order chi connectivity index (χ0) is 22.4. The molecule has 1 amide bonds. The minimum absolute atomic E-state index is 0.286. The summed E-state index contributed by atoms with van der Waals surface area (Å²) in [6, 6.07) is 19.4. The molecule has 0 bridgehead atoms. The smallest absolute Gasteiger partial charge is 0.265 e. The van der Waals surface area contributed by atoms with Crippen LogP contribution in [-0.2, 0) is 19.6 Å². The highest BCUT2D eigenvalue weighted by molar-refractivity contribution is 5.93. The minimum Gasteiger partial charge on any atom is -0.310 e. The van der Waals surface area contributed by atoms with E-state index in [0.29, 0.717) is 5.56 Å². The maximum absolute atomic E-state index is 11.7. The van der Waals surface area contributed by atoms with Crippen molar-refractivity contribution in [1.29, 1.82) is 0 Å². The number of pyridine rings is 2. The summed E-state index contributed by atoms with van der Waals surface area (Å²) in [5.41, 5.74) is 5.92.